The summed E-state index contributed by atoms with van der Waals surface area (Å²) in [6.45, 7) is 3.14. The summed E-state index contributed by atoms with van der Waals surface area (Å²) in [5, 5.41) is 2.62. The first kappa shape index (κ1) is 13.8. The molecule has 1 N–H and O–H groups in total. The third-order valence-electron chi connectivity index (χ3n) is 1.84. The highest BCUT2D eigenvalue weighted by Crippen LogP contribution is 2.15. The molecule has 6 heteroatoms. The molecule has 0 heterocycles. The minimum atomic E-state index is -0.771. The Bertz CT molecular complexity index is 401. The monoisotopic (exact) mass is 253 g/mol. The number of nitrogens with one attached hydrogen (secondary N) is 1. The van der Waals surface area contributed by atoms with Crippen LogP contribution in [0.5, 0.6) is 5.75 Å². The van der Waals surface area contributed by atoms with Gasteiger partial charge in [-0.05, 0) is 31.2 Å². The average molecular weight is 253 g/mol. The van der Waals surface area contributed by atoms with Gasteiger partial charge in [0, 0.05) is 12.6 Å². The molecule has 1 rings (SSSR count). The van der Waals surface area contributed by atoms with E-state index in [9.17, 15) is 9.59 Å². The van der Waals surface area contributed by atoms with Crippen molar-refractivity contribution >= 4 is 17.7 Å². The van der Waals surface area contributed by atoms with Crippen LogP contribution in [0.15, 0.2) is 24.3 Å². The first-order chi connectivity index (χ1) is 8.61. The molecular formula is C12H15NO5. The maximum Gasteiger partial charge on any atom is 0.511 e. The smallest absolute Gasteiger partial charge is 0.457 e. The lowest BCUT2D eigenvalue weighted by atomic mass is 10.3. The lowest BCUT2D eigenvalue weighted by Crippen LogP contribution is -2.11. The van der Waals surface area contributed by atoms with Gasteiger partial charge in [-0.1, -0.05) is 0 Å². The van der Waals surface area contributed by atoms with Crippen LogP contribution in [0.2, 0.25) is 0 Å². The Labute approximate surface area is 105 Å². The first-order valence-electron chi connectivity index (χ1n) is 5.42. The van der Waals surface area contributed by atoms with Crippen LogP contribution in [0.4, 0.5) is 10.5 Å². The van der Waals surface area contributed by atoms with E-state index < -0.39 is 6.16 Å². The van der Waals surface area contributed by atoms with Gasteiger partial charge in [0.2, 0.25) is 12.7 Å². The lowest BCUT2D eigenvalue weighted by molar-refractivity contribution is -0.114. The second kappa shape index (κ2) is 7.16. The summed E-state index contributed by atoms with van der Waals surface area (Å²) in [6.07, 6.45) is -0.771. The van der Waals surface area contributed by atoms with Crippen LogP contribution in [0.25, 0.3) is 0 Å². The van der Waals surface area contributed by atoms with Gasteiger partial charge in [0.1, 0.15) is 5.75 Å². The molecule has 1 amide bonds. The molecule has 6 nitrogen and oxygen atoms in total. The standard InChI is InChI=1S/C12H15NO5/c1-3-16-12(15)18-8-17-11-6-4-10(5-7-11)13-9(2)14/h4-7H,3,8H2,1-2H3,(H,13,14). The number of ether oxygens (including phenoxy) is 3. The molecule has 1 aromatic rings. The Morgan fingerprint density at radius 2 is 1.83 bits per heavy atom. The van der Waals surface area contributed by atoms with Gasteiger partial charge in [-0.2, -0.15) is 0 Å². The van der Waals surface area contributed by atoms with Gasteiger partial charge < -0.3 is 19.5 Å². The van der Waals surface area contributed by atoms with Gasteiger partial charge in [-0.3, -0.25) is 4.79 Å². The molecule has 0 unspecified atom stereocenters. The number of amides is 1. The Kier molecular flexibility index (Phi) is 5.50. The molecule has 98 valence electrons. The molecule has 0 radical (unpaired) electrons. The quantitative estimate of drug-likeness (QED) is 0.643. The molecule has 0 saturated heterocycles. The molecule has 0 atom stereocenters. The fourth-order valence-electron chi connectivity index (χ4n) is 1.14. The van der Waals surface area contributed by atoms with Crippen molar-refractivity contribution in [2.24, 2.45) is 0 Å². The van der Waals surface area contributed by atoms with Gasteiger partial charge in [-0.25, -0.2) is 4.79 Å². The Balaban J connectivity index is 2.35. The van der Waals surface area contributed by atoms with E-state index in [1.807, 2.05) is 0 Å². The van der Waals surface area contributed by atoms with Crippen LogP contribution >= 0.6 is 0 Å². The lowest BCUT2D eigenvalue weighted by Gasteiger charge is -2.08. The van der Waals surface area contributed by atoms with Gasteiger partial charge >= 0.3 is 6.16 Å². The zero-order valence-corrected chi connectivity index (χ0v) is 10.3. The molecule has 0 bridgehead atoms. The summed E-state index contributed by atoms with van der Waals surface area (Å²) in [5.41, 5.74) is 0.668. The molecule has 0 saturated carbocycles. The number of hydrogen-bond donors (Lipinski definition) is 1. The van der Waals surface area contributed by atoms with Crippen molar-refractivity contribution in [1.29, 1.82) is 0 Å². The van der Waals surface area contributed by atoms with E-state index in [-0.39, 0.29) is 19.3 Å². The van der Waals surface area contributed by atoms with Crippen LogP contribution in [0.3, 0.4) is 0 Å². The molecule has 0 aliphatic rings. The van der Waals surface area contributed by atoms with Crippen molar-refractivity contribution in [2.45, 2.75) is 13.8 Å². The van der Waals surface area contributed by atoms with E-state index in [4.69, 9.17) is 4.74 Å². The van der Waals surface area contributed by atoms with Crippen LogP contribution in [0.1, 0.15) is 13.8 Å². The Morgan fingerprint density at radius 1 is 1.17 bits per heavy atom. The van der Waals surface area contributed by atoms with Gasteiger partial charge in [0.15, 0.2) is 0 Å². The Morgan fingerprint density at radius 3 is 2.39 bits per heavy atom. The molecule has 0 aliphatic heterocycles. The van der Waals surface area contributed by atoms with E-state index in [0.717, 1.165) is 0 Å². The number of anilines is 1. The number of carbonyl (C=O) groups excluding carboxylic acids is 2. The summed E-state index contributed by atoms with van der Waals surface area (Å²) < 4.78 is 14.3. The number of rotatable bonds is 5. The SMILES string of the molecule is CCOC(=O)OCOc1ccc(NC(C)=O)cc1. The highest BCUT2D eigenvalue weighted by molar-refractivity contribution is 5.88. The highest BCUT2D eigenvalue weighted by atomic mass is 16.8. The van der Waals surface area contributed by atoms with Crippen molar-refractivity contribution in [1.82, 2.24) is 0 Å². The van der Waals surface area contributed by atoms with Crippen molar-refractivity contribution in [2.75, 3.05) is 18.7 Å². The van der Waals surface area contributed by atoms with E-state index in [2.05, 4.69) is 14.8 Å². The molecule has 1 aromatic carbocycles. The summed E-state index contributed by atoms with van der Waals surface area (Å²) in [6, 6.07) is 6.67. The zero-order chi connectivity index (χ0) is 13.4. The second-order valence-electron chi connectivity index (χ2n) is 3.30. The van der Waals surface area contributed by atoms with Gasteiger partial charge in [-0.15, -0.1) is 0 Å². The van der Waals surface area contributed by atoms with Gasteiger partial charge in [0.05, 0.1) is 6.61 Å². The van der Waals surface area contributed by atoms with E-state index in [1.54, 1.807) is 31.2 Å². The minimum absolute atomic E-state index is 0.144. The third kappa shape index (κ3) is 5.20. The number of benzene rings is 1. The molecule has 18 heavy (non-hydrogen) atoms. The fourth-order valence-corrected chi connectivity index (χ4v) is 1.14. The van der Waals surface area contributed by atoms with Crippen LogP contribution in [-0.2, 0) is 14.3 Å². The zero-order valence-electron chi connectivity index (χ0n) is 10.3. The molecule has 0 aromatic heterocycles. The topological polar surface area (TPSA) is 73.9 Å². The van der Waals surface area contributed by atoms with Crippen molar-refractivity contribution in [3.63, 3.8) is 0 Å². The Hall–Kier alpha value is -2.24. The summed E-state index contributed by atoms with van der Waals surface area (Å²) in [7, 11) is 0. The first-order valence-corrected chi connectivity index (χ1v) is 5.42. The van der Waals surface area contributed by atoms with E-state index in [1.165, 1.54) is 6.92 Å². The van der Waals surface area contributed by atoms with Crippen molar-refractivity contribution in [3.05, 3.63) is 24.3 Å². The maximum atomic E-state index is 10.8. The average Bonchev–Trinajstić information content (AvgIpc) is 2.31. The van der Waals surface area contributed by atoms with Crippen LogP contribution < -0.4 is 10.1 Å². The predicted molar refractivity (Wildman–Crippen MR) is 64.3 cm³/mol. The van der Waals surface area contributed by atoms with Crippen molar-refractivity contribution < 1.29 is 23.8 Å². The van der Waals surface area contributed by atoms with Crippen LogP contribution in [0, 0.1) is 0 Å². The third-order valence-corrected chi connectivity index (χ3v) is 1.84. The summed E-state index contributed by atoms with van der Waals surface area (Å²) in [5.74, 6) is 0.378. The number of hydrogen-bond acceptors (Lipinski definition) is 5. The summed E-state index contributed by atoms with van der Waals surface area (Å²) in [4.78, 5) is 21.6. The molecule has 0 fully saturated rings. The molecule has 0 aliphatic carbocycles. The van der Waals surface area contributed by atoms with E-state index in [0.29, 0.717) is 11.4 Å². The summed E-state index contributed by atoms with van der Waals surface area (Å²) >= 11 is 0. The molecular weight excluding hydrogens is 238 g/mol. The maximum absolute atomic E-state index is 10.8. The minimum Gasteiger partial charge on any atom is -0.457 e. The van der Waals surface area contributed by atoms with Crippen LogP contribution in [-0.4, -0.2) is 25.5 Å². The highest BCUT2D eigenvalue weighted by Gasteiger charge is 2.02. The second-order valence-corrected chi connectivity index (χ2v) is 3.30. The number of carbonyl (C=O) groups is 2. The normalized spacial score (nSPS) is 9.44. The predicted octanol–water partition coefficient (Wildman–Crippen LogP) is 2.15. The van der Waals surface area contributed by atoms with Gasteiger partial charge in [0.25, 0.3) is 0 Å². The van der Waals surface area contributed by atoms with Crippen molar-refractivity contribution in [3.8, 4) is 5.75 Å². The molecule has 0 spiro atoms. The fraction of sp³-hybridized carbons (Fsp3) is 0.333. The largest absolute Gasteiger partial charge is 0.511 e. The van der Waals surface area contributed by atoms with E-state index >= 15 is 0 Å².